The topological polar surface area (TPSA) is 670 Å². The van der Waals surface area contributed by atoms with Crippen LogP contribution in [0.2, 0.25) is 0 Å². The summed E-state index contributed by atoms with van der Waals surface area (Å²) in [6.45, 7) is 18.8. The van der Waals surface area contributed by atoms with E-state index < -0.39 is 228 Å². The highest BCUT2D eigenvalue weighted by Crippen LogP contribution is 2.24. The molecule has 0 saturated carbocycles. The summed E-state index contributed by atoms with van der Waals surface area (Å²) in [7, 11) is 0. The number of carboxylic acids is 1. The predicted octanol–water partition coefficient (Wildman–Crippen LogP) is 0.594. The number of nitrogens with zero attached hydrogens (tertiary/aromatic N) is 1. The fraction of sp³-hybridized carbons (Fsp3) is 0.804. The number of Topliss-reactive ketones (excluding diaryl/α,β-unsaturated/α-hetero) is 1. The highest BCUT2D eigenvalue weighted by Gasteiger charge is 2.43. The first-order chi connectivity index (χ1) is 64.0. The number of primary amides is 1. The number of hydrogen-bond donors (Lipinski definition) is 22. The second-order valence-electron chi connectivity index (χ2n) is 36.7. The summed E-state index contributed by atoms with van der Waals surface area (Å²) in [4.78, 5) is 251. The summed E-state index contributed by atoms with van der Waals surface area (Å²) in [5.41, 5.74) is 29.2. The van der Waals surface area contributed by atoms with Crippen molar-refractivity contribution in [3.63, 3.8) is 0 Å². The van der Waals surface area contributed by atoms with E-state index >= 15 is 0 Å². The van der Waals surface area contributed by atoms with Crippen LogP contribution >= 0.6 is 23.5 Å². The molecule has 0 unspecified atom stereocenters. The number of nitrogens with one attached hydrogen (secondary N) is 14. The van der Waals surface area contributed by atoms with Crippen LogP contribution in [-0.4, -0.2) is 286 Å². The maximum atomic E-state index is 14.9. The number of amides is 16. The van der Waals surface area contributed by atoms with E-state index in [9.17, 15) is 102 Å². The van der Waals surface area contributed by atoms with Gasteiger partial charge in [0.2, 0.25) is 94.5 Å². The van der Waals surface area contributed by atoms with Gasteiger partial charge in [-0.25, -0.2) is 4.79 Å². The van der Waals surface area contributed by atoms with Gasteiger partial charge < -0.3 is 123 Å². The molecule has 774 valence electrons. The molecule has 16 amide bonds. The molecule has 1 saturated heterocycles. The maximum Gasteiger partial charge on any atom is 0.326 e. The van der Waals surface area contributed by atoms with E-state index in [0.29, 0.717) is 50.0 Å². The Kier molecular flexibility index (Phi) is 65.0. The first kappa shape index (κ1) is 124. The number of aliphatic hydroxyl groups excluding tert-OH is 2. The molecule has 0 spiro atoms. The molecule has 1 fully saturated rings. The van der Waals surface area contributed by atoms with E-state index in [2.05, 4.69) is 81.4 Å². The fourth-order valence-electron chi connectivity index (χ4n) is 15.2. The van der Waals surface area contributed by atoms with Crippen molar-refractivity contribution < 1.29 is 102 Å². The van der Waals surface area contributed by atoms with E-state index in [0.717, 1.165) is 25.7 Å². The lowest BCUT2D eigenvalue weighted by atomic mass is 9.98. The van der Waals surface area contributed by atoms with Gasteiger partial charge in [0.15, 0.2) is 0 Å². The Labute approximate surface area is 807 Å². The molecule has 1 rings (SSSR count). The lowest BCUT2D eigenvalue weighted by molar-refractivity contribution is -0.144. The van der Waals surface area contributed by atoms with Crippen LogP contribution < -0.4 is 103 Å². The van der Waals surface area contributed by atoms with E-state index in [1.54, 1.807) is 61.6 Å². The molecule has 0 radical (unpaired) electrons. The van der Waals surface area contributed by atoms with Crippen molar-refractivity contribution in [1.82, 2.24) is 79.3 Å². The van der Waals surface area contributed by atoms with E-state index in [1.807, 2.05) is 0 Å². The Bertz CT molecular complexity index is 3660. The number of rotatable bonds is 76. The van der Waals surface area contributed by atoms with Crippen molar-refractivity contribution in [3.05, 3.63) is 0 Å². The van der Waals surface area contributed by atoms with Crippen LogP contribution in [0.3, 0.4) is 0 Å². The summed E-state index contributed by atoms with van der Waals surface area (Å²) in [6.07, 6.45) is 18.2. The molecule has 1 aliphatic heterocycles. The van der Waals surface area contributed by atoms with E-state index in [4.69, 9.17) is 28.7 Å². The third kappa shape index (κ3) is 50.9. The monoisotopic (exact) mass is 1950 g/mol. The molecule has 135 heavy (non-hydrogen) atoms. The number of thioether (sulfide) groups is 2. The second kappa shape index (κ2) is 70.7. The van der Waals surface area contributed by atoms with Gasteiger partial charge in [0.1, 0.15) is 96.4 Å². The molecule has 1 heterocycles. The average Bonchev–Trinajstić information content (AvgIpc) is 1.71. The van der Waals surface area contributed by atoms with Gasteiger partial charge in [-0.3, -0.25) is 81.5 Å². The van der Waals surface area contributed by atoms with E-state index in [-0.39, 0.29) is 127 Å². The van der Waals surface area contributed by atoms with Crippen molar-refractivity contribution in [1.29, 1.82) is 0 Å². The van der Waals surface area contributed by atoms with Crippen LogP contribution in [0.1, 0.15) is 289 Å². The Morgan fingerprint density at radius 3 is 1.19 bits per heavy atom. The summed E-state index contributed by atoms with van der Waals surface area (Å²) in [5, 5.41) is 66.8. The van der Waals surface area contributed by atoms with Gasteiger partial charge in [-0.05, 0) is 185 Å². The van der Waals surface area contributed by atoms with Crippen molar-refractivity contribution in [2.75, 3.05) is 62.8 Å². The van der Waals surface area contributed by atoms with Gasteiger partial charge in [-0.1, -0.05) is 139 Å². The second-order valence-corrected chi connectivity index (χ2v) is 38.8. The van der Waals surface area contributed by atoms with Gasteiger partial charge >= 0.3 is 5.97 Å². The number of carbonyl (C=O) groups excluding carboxylic acids is 17. The van der Waals surface area contributed by atoms with Gasteiger partial charge in [0.05, 0.1) is 19.1 Å². The molecule has 41 nitrogen and oxygen atoms in total. The number of likely N-dealkylation sites (tertiary alicyclic amines) is 1. The van der Waals surface area contributed by atoms with Crippen molar-refractivity contribution in [3.8, 4) is 0 Å². The summed E-state index contributed by atoms with van der Waals surface area (Å²) < 4.78 is 0. The molecule has 1 aliphatic rings. The zero-order valence-corrected chi connectivity index (χ0v) is 84.0. The lowest BCUT2D eigenvalue weighted by Crippen LogP contribution is -2.62. The third-order valence-corrected chi connectivity index (χ3v) is 24.9. The molecule has 0 aliphatic carbocycles. The molecule has 0 aromatic heterocycles. The van der Waals surface area contributed by atoms with Crippen LogP contribution in [0, 0.1) is 23.7 Å². The van der Waals surface area contributed by atoms with Crippen LogP contribution in [0.4, 0.5) is 0 Å². The van der Waals surface area contributed by atoms with Crippen molar-refractivity contribution in [2.45, 2.75) is 385 Å². The maximum absolute atomic E-state index is 14.9. The molecule has 43 heteroatoms. The number of nitrogens with two attached hydrogens (primary N) is 5. The average molecular weight is 1950 g/mol. The first-order valence-electron chi connectivity index (χ1n) is 48.7. The number of carboxylic acid groups (broad SMARTS) is 1. The zero-order valence-electron chi connectivity index (χ0n) is 82.4. The van der Waals surface area contributed by atoms with Gasteiger partial charge in [-0.2, -0.15) is 23.5 Å². The Morgan fingerprint density at radius 1 is 0.393 bits per heavy atom. The van der Waals surface area contributed by atoms with E-state index in [1.165, 1.54) is 107 Å². The Balaban J connectivity index is 3.51. The lowest BCUT2D eigenvalue weighted by Gasteiger charge is -2.33. The predicted molar refractivity (Wildman–Crippen MR) is 519 cm³/mol. The molecule has 0 aromatic carbocycles. The molecular weight excluding hydrogens is 1790 g/mol. The normalized spacial score (nSPS) is 15.9. The number of aliphatic hydroxyl groups is 2. The number of aliphatic carboxylic acids is 1. The largest absolute Gasteiger partial charge is 0.480 e. The van der Waals surface area contributed by atoms with Gasteiger partial charge in [-0.15, -0.1) is 0 Å². The first-order valence-corrected chi connectivity index (χ1v) is 51.3. The SMILES string of the molecule is CCCCCCCCCCCCCCCC(=O)CCSC[C@H](NC(C)=O)C(=O)N[C@@H](CO)C(=O)N[C@@H](CCCCN)C(=O)N[C@@H](CCCCN)C(=O)N[C@@H](CCCCN)C(=O)N[C@@H](CCCCN)C(=O)N[C@@H](CC(N)=O)C(=O)N[C@@H](CC(C)C)C(=O)N[C@H](C(=O)N1CCC[C@H]1C(=O)N[C@@H](CCSC)C(=O)N[C@H](C(=O)N[C@@H](C)C(=O)N[C@H](C(=O)N[C@H](C(=O)O)C(C)C)[C@@H](C)O)C(C)C)C(C)C. The van der Waals surface area contributed by atoms with Gasteiger partial charge in [0.25, 0.3) is 0 Å². The van der Waals surface area contributed by atoms with Crippen molar-refractivity contribution >= 4 is 130 Å². The Hall–Kier alpha value is -8.88. The minimum Gasteiger partial charge on any atom is -0.480 e. The molecule has 0 bridgehead atoms. The molecular formula is C92H168N20O21S2. The van der Waals surface area contributed by atoms with Crippen LogP contribution in [0.25, 0.3) is 0 Å². The Morgan fingerprint density at radius 2 is 0.770 bits per heavy atom. The summed E-state index contributed by atoms with van der Waals surface area (Å²) in [5.74, 6) is -16.7. The van der Waals surface area contributed by atoms with Crippen LogP contribution in [0.15, 0.2) is 0 Å². The zero-order chi connectivity index (χ0) is 102. The van der Waals surface area contributed by atoms with Crippen LogP contribution in [0.5, 0.6) is 0 Å². The van der Waals surface area contributed by atoms with Gasteiger partial charge in [0, 0.05) is 37.8 Å². The fourth-order valence-corrected chi connectivity index (χ4v) is 16.6. The number of unbranched alkanes of at least 4 members (excludes halogenated alkanes) is 16. The number of carbonyl (C=O) groups is 18. The third-order valence-electron chi connectivity index (χ3n) is 23.2. The number of hydrogen-bond acceptors (Lipinski definition) is 26. The highest BCUT2D eigenvalue weighted by atomic mass is 32.2. The molecule has 16 atom stereocenters. The molecule has 27 N–H and O–H groups in total. The standard InChI is InChI=1S/C92H168N20O21S2/c1-14-15-16-17-18-19-20-21-22-23-24-25-26-36-62(116)42-50-135-54-71(99-61(12)115)87(127)107-70(53-113)86(126)103-65(39-29-33-46-95)81(121)101-63(37-27-31-44-93)79(119)100-64(38-28-32-45-94)80(120)102-66(40-30-34-47-96)82(122)106-69(52-73(97)117)84(124)105-68(51-55(2)3)85(125)109-75(57(6)7)91(131)112-48-35-41-72(112)88(128)104-67(43-49-134-13)83(123)108-74(56(4)5)89(129)98-59(10)78(118)111-77(60(11)114)90(130)110-76(58(8)9)92(132)133/h55-60,63-72,74-77,113-114H,14-54,93-96H2,1-13H3,(H2,97,117)(H,98,129)(H,99,115)(H,100,119)(H,101,121)(H,102,120)(H,103,126)(H,104,128)(H,105,124)(H,106,122)(H,107,127)(H,108,123)(H,109,125)(H,110,130)(H,111,118)(H,132,133)/t59-,60+,63-,64-,65-,66-,67-,68-,69-,70-,71-,72-,74-,75-,76-,77-/m0/s1. The summed E-state index contributed by atoms with van der Waals surface area (Å²) in [6, 6.07) is -21.3. The summed E-state index contributed by atoms with van der Waals surface area (Å²) >= 11 is 2.61. The molecule has 0 aromatic rings. The smallest absolute Gasteiger partial charge is 0.326 e. The quantitative estimate of drug-likeness (QED) is 0.0371. The highest BCUT2D eigenvalue weighted by molar-refractivity contribution is 7.99. The van der Waals surface area contributed by atoms with Crippen LogP contribution in [-0.2, 0) is 86.3 Å². The minimum absolute atomic E-state index is 0.0232. The number of ketones is 1. The minimum atomic E-state index is -1.80. The van der Waals surface area contributed by atoms with Crippen molar-refractivity contribution in [2.24, 2.45) is 52.3 Å².